The third kappa shape index (κ3) is 6.45. The topological polar surface area (TPSA) is 113 Å². The number of aryl methyl sites for hydroxylation is 1. The van der Waals surface area contributed by atoms with Crippen LogP contribution in [-0.2, 0) is 14.6 Å². The number of nitrogens with one attached hydrogen (secondary N) is 1. The molecule has 0 fully saturated rings. The largest absolute Gasteiger partial charge is 0.480 e. The number of rotatable bonds is 10. The Morgan fingerprint density at radius 3 is 2.28 bits per heavy atom. The van der Waals surface area contributed by atoms with E-state index in [1.807, 2.05) is 13.8 Å². The molecule has 1 heterocycles. The first-order valence-electron chi connectivity index (χ1n) is 8.38. The molecular formula is C17H26N2O5S. The third-order valence-corrected chi connectivity index (χ3v) is 6.15. The van der Waals surface area contributed by atoms with E-state index in [0.717, 1.165) is 5.56 Å². The molecule has 140 valence electrons. The van der Waals surface area contributed by atoms with Crippen molar-refractivity contribution in [3.05, 3.63) is 29.6 Å². The van der Waals surface area contributed by atoms with Crippen molar-refractivity contribution in [2.45, 2.75) is 57.7 Å². The standard InChI is InChI=1S/C17H26N2O5S/c1-4-6-14(7-5-2)25(23,24)11-15(17(21)22)19-16(20)13-8-12(3)9-18-10-13/h8-10,14-15H,4-7,11H2,1-3H3,(H,19,20)(H,21,22)/t15-/m1/s1. The molecule has 1 aromatic rings. The predicted molar refractivity (Wildman–Crippen MR) is 95.3 cm³/mol. The van der Waals surface area contributed by atoms with E-state index in [1.165, 1.54) is 6.20 Å². The second-order valence-electron chi connectivity index (χ2n) is 6.14. The Morgan fingerprint density at radius 1 is 1.20 bits per heavy atom. The smallest absolute Gasteiger partial charge is 0.327 e. The van der Waals surface area contributed by atoms with Crippen molar-refractivity contribution in [3.8, 4) is 0 Å². The minimum atomic E-state index is -3.64. The van der Waals surface area contributed by atoms with Gasteiger partial charge in [0.2, 0.25) is 0 Å². The molecule has 0 bridgehead atoms. The molecule has 0 saturated heterocycles. The number of hydrogen-bond acceptors (Lipinski definition) is 5. The highest BCUT2D eigenvalue weighted by Crippen LogP contribution is 2.17. The maximum absolute atomic E-state index is 12.6. The first kappa shape index (κ1) is 21.1. The molecule has 0 radical (unpaired) electrons. The highest BCUT2D eigenvalue weighted by Gasteiger charge is 2.32. The summed E-state index contributed by atoms with van der Waals surface area (Å²) >= 11 is 0. The van der Waals surface area contributed by atoms with Gasteiger partial charge in [0.05, 0.1) is 16.6 Å². The lowest BCUT2D eigenvalue weighted by Crippen LogP contribution is -2.47. The zero-order valence-corrected chi connectivity index (χ0v) is 15.7. The van der Waals surface area contributed by atoms with E-state index < -0.39 is 38.8 Å². The molecule has 0 aliphatic heterocycles. The maximum Gasteiger partial charge on any atom is 0.327 e. The van der Waals surface area contributed by atoms with Crippen LogP contribution in [0.5, 0.6) is 0 Å². The molecule has 2 N–H and O–H groups in total. The summed E-state index contributed by atoms with van der Waals surface area (Å²) in [5.41, 5.74) is 0.945. The fourth-order valence-corrected chi connectivity index (χ4v) is 4.76. The number of amides is 1. The van der Waals surface area contributed by atoms with Crippen LogP contribution in [0.3, 0.4) is 0 Å². The number of aromatic nitrogens is 1. The minimum Gasteiger partial charge on any atom is -0.480 e. The summed E-state index contributed by atoms with van der Waals surface area (Å²) in [5.74, 6) is -2.64. The fourth-order valence-electron chi connectivity index (χ4n) is 2.61. The van der Waals surface area contributed by atoms with Crippen LogP contribution in [0.25, 0.3) is 0 Å². The zero-order chi connectivity index (χ0) is 19.0. The molecule has 7 nitrogen and oxygen atoms in total. The van der Waals surface area contributed by atoms with Crippen molar-refractivity contribution >= 4 is 21.7 Å². The van der Waals surface area contributed by atoms with Crippen molar-refractivity contribution in [2.24, 2.45) is 0 Å². The number of sulfone groups is 1. The van der Waals surface area contributed by atoms with Gasteiger partial charge in [-0.25, -0.2) is 13.2 Å². The Kier molecular flexibility index (Phi) is 8.02. The maximum atomic E-state index is 12.6. The van der Waals surface area contributed by atoms with E-state index >= 15 is 0 Å². The molecule has 0 saturated carbocycles. The molecule has 25 heavy (non-hydrogen) atoms. The quantitative estimate of drug-likeness (QED) is 0.651. The van der Waals surface area contributed by atoms with Crippen molar-refractivity contribution < 1.29 is 23.1 Å². The number of hydrogen-bond donors (Lipinski definition) is 2. The normalized spacial score (nSPS) is 12.8. The van der Waals surface area contributed by atoms with Crippen LogP contribution in [-0.4, -0.2) is 47.4 Å². The summed E-state index contributed by atoms with van der Waals surface area (Å²) < 4.78 is 25.1. The van der Waals surface area contributed by atoms with Gasteiger partial charge in [-0.05, 0) is 31.4 Å². The van der Waals surface area contributed by atoms with Crippen LogP contribution < -0.4 is 5.32 Å². The Labute approximate surface area is 148 Å². The van der Waals surface area contributed by atoms with Gasteiger partial charge in [-0.2, -0.15) is 0 Å². The van der Waals surface area contributed by atoms with Gasteiger partial charge in [-0.3, -0.25) is 9.78 Å². The molecule has 8 heteroatoms. The summed E-state index contributed by atoms with van der Waals surface area (Å²) in [6, 6.07) is 0.0708. The van der Waals surface area contributed by atoms with Crippen molar-refractivity contribution in [2.75, 3.05) is 5.75 Å². The summed E-state index contributed by atoms with van der Waals surface area (Å²) in [4.78, 5) is 27.5. The zero-order valence-electron chi connectivity index (χ0n) is 14.9. The third-order valence-electron chi connectivity index (χ3n) is 3.87. The number of carbonyl (C=O) groups excluding carboxylic acids is 1. The minimum absolute atomic E-state index is 0.197. The van der Waals surface area contributed by atoms with Crippen molar-refractivity contribution in [3.63, 3.8) is 0 Å². The molecular weight excluding hydrogens is 344 g/mol. The summed E-state index contributed by atoms with van der Waals surface area (Å²) in [6.45, 7) is 5.53. The monoisotopic (exact) mass is 370 g/mol. The first-order chi connectivity index (χ1) is 11.7. The average Bonchev–Trinajstić information content (AvgIpc) is 2.53. The predicted octanol–water partition coefficient (Wildman–Crippen LogP) is 1.96. The van der Waals surface area contributed by atoms with E-state index in [1.54, 1.807) is 19.2 Å². The molecule has 1 atom stereocenters. The van der Waals surface area contributed by atoms with Crippen molar-refractivity contribution in [1.82, 2.24) is 10.3 Å². The van der Waals surface area contributed by atoms with Gasteiger partial charge in [0.1, 0.15) is 6.04 Å². The fraction of sp³-hybridized carbons (Fsp3) is 0.588. The molecule has 0 aliphatic carbocycles. The second kappa shape index (κ2) is 9.50. The average molecular weight is 370 g/mol. The summed E-state index contributed by atoms with van der Waals surface area (Å²) in [5, 5.41) is 11.0. The molecule has 1 aromatic heterocycles. The van der Waals surface area contributed by atoms with Crippen LogP contribution in [0.15, 0.2) is 18.5 Å². The van der Waals surface area contributed by atoms with Crippen molar-refractivity contribution in [1.29, 1.82) is 0 Å². The van der Waals surface area contributed by atoms with Gasteiger partial charge in [0.15, 0.2) is 9.84 Å². The van der Waals surface area contributed by atoms with E-state index in [-0.39, 0.29) is 5.56 Å². The summed E-state index contributed by atoms with van der Waals surface area (Å²) in [7, 11) is -3.64. The van der Waals surface area contributed by atoms with E-state index in [0.29, 0.717) is 25.7 Å². The SMILES string of the molecule is CCCC(CCC)S(=O)(=O)C[C@@H](NC(=O)c1cncc(C)c1)C(=O)O. The Morgan fingerprint density at radius 2 is 1.80 bits per heavy atom. The number of carboxylic acid groups (broad SMARTS) is 1. The number of aliphatic carboxylic acids is 1. The Hall–Kier alpha value is -1.96. The number of carboxylic acids is 1. The van der Waals surface area contributed by atoms with Gasteiger partial charge in [-0.15, -0.1) is 0 Å². The number of pyridine rings is 1. The number of carbonyl (C=O) groups is 2. The van der Waals surface area contributed by atoms with Gasteiger partial charge >= 0.3 is 5.97 Å². The van der Waals surface area contributed by atoms with Gasteiger partial charge in [-0.1, -0.05) is 26.7 Å². The van der Waals surface area contributed by atoms with Crippen LogP contribution >= 0.6 is 0 Å². The molecule has 1 rings (SSSR count). The van der Waals surface area contributed by atoms with E-state index in [4.69, 9.17) is 0 Å². The second-order valence-corrected chi connectivity index (χ2v) is 8.47. The molecule has 0 spiro atoms. The van der Waals surface area contributed by atoms with Crippen LogP contribution in [0, 0.1) is 6.92 Å². The van der Waals surface area contributed by atoms with Crippen LogP contribution in [0.1, 0.15) is 55.5 Å². The molecule has 0 unspecified atom stereocenters. The number of nitrogens with zero attached hydrogens (tertiary/aromatic N) is 1. The van der Waals surface area contributed by atoms with Crippen LogP contribution in [0.2, 0.25) is 0 Å². The lowest BCUT2D eigenvalue weighted by Gasteiger charge is -2.20. The lowest BCUT2D eigenvalue weighted by molar-refractivity contribution is -0.138. The highest BCUT2D eigenvalue weighted by molar-refractivity contribution is 7.92. The summed E-state index contributed by atoms with van der Waals surface area (Å²) in [6.07, 6.45) is 5.24. The Balaban J connectivity index is 2.93. The lowest BCUT2D eigenvalue weighted by atomic mass is 10.2. The molecule has 0 aromatic carbocycles. The Bertz CT molecular complexity index is 697. The van der Waals surface area contributed by atoms with E-state index in [9.17, 15) is 23.1 Å². The van der Waals surface area contributed by atoms with Gasteiger partial charge < -0.3 is 10.4 Å². The van der Waals surface area contributed by atoms with Gasteiger partial charge in [0.25, 0.3) is 5.91 Å². The highest BCUT2D eigenvalue weighted by atomic mass is 32.2. The molecule has 1 amide bonds. The van der Waals surface area contributed by atoms with E-state index in [2.05, 4.69) is 10.3 Å². The van der Waals surface area contributed by atoms with Gasteiger partial charge in [0, 0.05) is 12.4 Å². The van der Waals surface area contributed by atoms with Crippen LogP contribution in [0.4, 0.5) is 0 Å². The molecule has 0 aliphatic rings. The first-order valence-corrected chi connectivity index (χ1v) is 10.1.